The Morgan fingerprint density at radius 1 is 1.47 bits per heavy atom. The first kappa shape index (κ1) is 10.1. The van der Waals surface area contributed by atoms with Crippen molar-refractivity contribution < 1.29 is 14.3 Å². The van der Waals surface area contributed by atoms with E-state index >= 15 is 0 Å². The Hall–Kier alpha value is -2.04. The fourth-order valence-electron chi connectivity index (χ4n) is 2.28. The van der Waals surface area contributed by atoms with Gasteiger partial charge in [0.1, 0.15) is 0 Å². The molecule has 88 valence electrons. The van der Waals surface area contributed by atoms with Gasteiger partial charge in [-0.1, -0.05) is 6.07 Å². The van der Waals surface area contributed by atoms with Crippen LogP contribution in [0.2, 0.25) is 0 Å². The molecule has 0 radical (unpaired) electrons. The van der Waals surface area contributed by atoms with Gasteiger partial charge >= 0.3 is 11.7 Å². The molecule has 5 nitrogen and oxygen atoms in total. The van der Waals surface area contributed by atoms with Crippen LogP contribution in [0, 0.1) is 0 Å². The Balaban J connectivity index is 2.06. The van der Waals surface area contributed by atoms with E-state index in [0.717, 1.165) is 18.4 Å². The van der Waals surface area contributed by atoms with Crippen LogP contribution in [0.1, 0.15) is 24.8 Å². The standard InChI is InChI=1S/C12H11NO4/c14-10(15)6-12(3-4-12)7-1-2-8-9(5-7)17-11(16)13-8/h1-2,5H,3-4,6H2,(H,13,16)(H,14,15). The van der Waals surface area contributed by atoms with Crippen LogP contribution in [0.5, 0.6) is 0 Å². The number of rotatable bonds is 3. The quantitative estimate of drug-likeness (QED) is 0.843. The van der Waals surface area contributed by atoms with Gasteiger partial charge in [0.15, 0.2) is 5.58 Å². The number of hydrogen-bond acceptors (Lipinski definition) is 3. The molecule has 0 amide bonds. The Morgan fingerprint density at radius 2 is 2.24 bits per heavy atom. The molecule has 3 rings (SSSR count). The maximum absolute atomic E-state index is 11.0. The number of aromatic nitrogens is 1. The van der Waals surface area contributed by atoms with Crippen LogP contribution in [0.3, 0.4) is 0 Å². The number of benzene rings is 1. The molecule has 5 heteroatoms. The van der Waals surface area contributed by atoms with Gasteiger partial charge in [0.25, 0.3) is 0 Å². The van der Waals surface area contributed by atoms with Crippen molar-refractivity contribution in [3.63, 3.8) is 0 Å². The van der Waals surface area contributed by atoms with Crippen molar-refractivity contribution in [2.75, 3.05) is 0 Å². The summed E-state index contributed by atoms with van der Waals surface area (Å²) >= 11 is 0. The molecular formula is C12H11NO4. The van der Waals surface area contributed by atoms with E-state index in [9.17, 15) is 9.59 Å². The maximum Gasteiger partial charge on any atom is 0.417 e. The maximum atomic E-state index is 11.0. The second kappa shape index (κ2) is 3.23. The van der Waals surface area contributed by atoms with Crippen LogP contribution < -0.4 is 5.76 Å². The zero-order chi connectivity index (χ0) is 12.0. The van der Waals surface area contributed by atoms with Crippen molar-refractivity contribution in [2.24, 2.45) is 0 Å². The SMILES string of the molecule is O=C(O)CC1(c2ccc3[nH]c(=O)oc3c2)CC1. The van der Waals surface area contributed by atoms with Gasteiger partial charge in [-0.05, 0) is 30.5 Å². The van der Waals surface area contributed by atoms with E-state index in [1.807, 2.05) is 6.07 Å². The molecule has 2 aromatic rings. The van der Waals surface area contributed by atoms with Crippen LogP contribution >= 0.6 is 0 Å². The smallest absolute Gasteiger partial charge is 0.417 e. The van der Waals surface area contributed by atoms with E-state index in [4.69, 9.17) is 9.52 Å². The molecule has 1 saturated carbocycles. The molecule has 2 N–H and O–H groups in total. The van der Waals surface area contributed by atoms with E-state index in [1.165, 1.54) is 0 Å². The third-order valence-corrected chi connectivity index (χ3v) is 3.38. The summed E-state index contributed by atoms with van der Waals surface area (Å²) in [4.78, 5) is 24.4. The highest BCUT2D eigenvalue weighted by molar-refractivity contribution is 5.75. The average molecular weight is 233 g/mol. The molecule has 1 heterocycles. The van der Waals surface area contributed by atoms with Gasteiger partial charge in [0.2, 0.25) is 0 Å². The number of aliphatic carboxylic acids is 1. The van der Waals surface area contributed by atoms with Crippen LogP contribution in [0.4, 0.5) is 0 Å². The zero-order valence-corrected chi connectivity index (χ0v) is 9.03. The number of aromatic amines is 1. The largest absolute Gasteiger partial charge is 0.481 e. The number of carbonyl (C=O) groups is 1. The van der Waals surface area contributed by atoms with Crippen molar-refractivity contribution in [1.82, 2.24) is 4.98 Å². The molecule has 1 aliphatic carbocycles. The summed E-state index contributed by atoms with van der Waals surface area (Å²) in [5, 5.41) is 8.89. The van der Waals surface area contributed by atoms with E-state index in [-0.39, 0.29) is 11.8 Å². The normalized spacial score (nSPS) is 17.2. The van der Waals surface area contributed by atoms with Crippen LogP contribution in [-0.4, -0.2) is 16.1 Å². The first-order chi connectivity index (χ1) is 8.09. The van der Waals surface area contributed by atoms with Gasteiger partial charge in [-0.3, -0.25) is 9.78 Å². The number of nitrogens with one attached hydrogen (secondary N) is 1. The predicted molar refractivity (Wildman–Crippen MR) is 60.0 cm³/mol. The molecule has 0 atom stereocenters. The summed E-state index contributed by atoms with van der Waals surface area (Å²) in [5.74, 6) is -1.28. The minimum atomic E-state index is -0.793. The zero-order valence-electron chi connectivity index (χ0n) is 9.03. The lowest BCUT2D eigenvalue weighted by atomic mass is 9.92. The lowest BCUT2D eigenvalue weighted by Gasteiger charge is -2.12. The fourth-order valence-corrected chi connectivity index (χ4v) is 2.28. The van der Waals surface area contributed by atoms with E-state index in [0.29, 0.717) is 11.1 Å². The van der Waals surface area contributed by atoms with E-state index in [2.05, 4.69) is 4.98 Å². The monoisotopic (exact) mass is 233 g/mol. The molecule has 1 aliphatic rings. The molecular weight excluding hydrogens is 222 g/mol. The van der Waals surface area contributed by atoms with E-state index in [1.54, 1.807) is 12.1 Å². The van der Waals surface area contributed by atoms with Crippen molar-refractivity contribution in [1.29, 1.82) is 0 Å². The third-order valence-electron chi connectivity index (χ3n) is 3.38. The molecule has 0 unspecified atom stereocenters. The summed E-state index contributed by atoms with van der Waals surface area (Å²) in [6, 6.07) is 5.39. The molecule has 1 aromatic heterocycles. The minimum Gasteiger partial charge on any atom is -0.481 e. The van der Waals surface area contributed by atoms with Crippen molar-refractivity contribution in [3.8, 4) is 0 Å². The molecule has 17 heavy (non-hydrogen) atoms. The van der Waals surface area contributed by atoms with Gasteiger partial charge in [-0.2, -0.15) is 0 Å². The molecule has 1 fully saturated rings. The highest BCUT2D eigenvalue weighted by Crippen LogP contribution is 2.51. The van der Waals surface area contributed by atoms with Gasteiger partial charge in [0.05, 0.1) is 11.9 Å². The number of oxazole rings is 1. The number of carboxylic acids is 1. The lowest BCUT2D eigenvalue weighted by Crippen LogP contribution is -2.12. The Kier molecular flexibility index (Phi) is 1.92. The summed E-state index contributed by atoms with van der Waals surface area (Å²) in [6.45, 7) is 0. The predicted octanol–water partition coefficient (Wildman–Crippen LogP) is 1.63. The summed E-state index contributed by atoms with van der Waals surface area (Å²) < 4.78 is 4.98. The molecule has 0 saturated heterocycles. The highest BCUT2D eigenvalue weighted by Gasteiger charge is 2.46. The molecule has 1 aromatic carbocycles. The topological polar surface area (TPSA) is 83.3 Å². The number of carboxylic acid groups (broad SMARTS) is 1. The molecule has 0 aliphatic heterocycles. The van der Waals surface area contributed by atoms with Crippen molar-refractivity contribution >= 4 is 17.1 Å². The minimum absolute atomic E-state index is 0.132. The third kappa shape index (κ3) is 1.63. The van der Waals surface area contributed by atoms with Crippen LogP contribution in [0.25, 0.3) is 11.1 Å². The van der Waals surface area contributed by atoms with Gasteiger partial charge < -0.3 is 9.52 Å². The highest BCUT2D eigenvalue weighted by atomic mass is 16.4. The molecule has 0 bridgehead atoms. The second-order valence-corrected chi connectivity index (χ2v) is 4.58. The summed E-state index contributed by atoms with van der Waals surface area (Å²) in [6.07, 6.45) is 1.88. The van der Waals surface area contributed by atoms with Gasteiger partial charge in [0, 0.05) is 5.41 Å². The molecule has 0 spiro atoms. The van der Waals surface area contributed by atoms with Crippen molar-refractivity contribution in [2.45, 2.75) is 24.7 Å². The summed E-state index contributed by atoms with van der Waals surface area (Å²) in [5.41, 5.74) is 1.82. The second-order valence-electron chi connectivity index (χ2n) is 4.58. The Labute approximate surface area is 96.1 Å². The average Bonchev–Trinajstić information content (AvgIpc) is 2.91. The van der Waals surface area contributed by atoms with Gasteiger partial charge in [-0.15, -0.1) is 0 Å². The van der Waals surface area contributed by atoms with E-state index < -0.39 is 11.7 Å². The van der Waals surface area contributed by atoms with Crippen LogP contribution in [0.15, 0.2) is 27.4 Å². The first-order valence-electron chi connectivity index (χ1n) is 5.44. The van der Waals surface area contributed by atoms with Crippen LogP contribution in [-0.2, 0) is 10.2 Å². The fraction of sp³-hybridized carbons (Fsp3) is 0.333. The Bertz CT molecular complexity index is 648. The van der Waals surface area contributed by atoms with Crippen molar-refractivity contribution in [3.05, 3.63) is 34.3 Å². The number of hydrogen-bond donors (Lipinski definition) is 2. The Morgan fingerprint density at radius 3 is 2.88 bits per heavy atom. The number of H-pyrrole nitrogens is 1. The first-order valence-corrected chi connectivity index (χ1v) is 5.44. The number of fused-ring (bicyclic) bond motifs is 1. The lowest BCUT2D eigenvalue weighted by molar-refractivity contribution is -0.137. The summed E-state index contributed by atoms with van der Waals surface area (Å²) in [7, 11) is 0. The van der Waals surface area contributed by atoms with Gasteiger partial charge in [-0.25, -0.2) is 4.79 Å².